The lowest BCUT2D eigenvalue weighted by Crippen LogP contribution is -2.28. The van der Waals surface area contributed by atoms with Gasteiger partial charge in [-0.3, -0.25) is 0 Å². The number of rotatable bonds is 6. The monoisotopic (exact) mass is 359 g/mol. The normalized spacial score (nSPS) is 19.9. The average molecular weight is 360 g/mol. The molecule has 1 aliphatic heterocycles. The van der Waals surface area contributed by atoms with Crippen LogP contribution in [0.25, 0.3) is 0 Å². The highest BCUT2D eigenvalue weighted by Gasteiger charge is 2.29. The third kappa shape index (κ3) is 3.26. The van der Waals surface area contributed by atoms with Crippen molar-refractivity contribution in [2.24, 2.45) is 5.92 Å². The second-order valence-corrected chi connectivity index (χ2v) is 6.81. The second-order valence-electron chi connectivity index (χ2n) is 4.86. The number of ether oxygens (including phenoxy) is 2. The zero-order valence-electron chi connectivity index (χ0n) is 12.2. The molecule has 1 saturated heterocycles. The van der Waals surface area contributed by atoms with E-state index in [1.54, 1.807) is 14.2 Å². The van der Waals surface area contributed by atoms with Crippen molar-refractivity contribution in [3.8, 4) is 11.5 Å². The van der Waals surface area contributed by atoms with Gasteiger partial charge in [0.05, 0.1) is 14.2 Å². The molecule has 1 N–H and O–H groups in total. The Bertz CT molecular complexity index is 450. The Kier molecular flexibility index (Phi) is 6.05. The summed E-state index contributed by atoms with van der Waals surface area (Å²) in [7, 11) is 3.39. The highest BCUT2D eigenvalue weighted by atomic mass is 79.9. The first-order chi connectivity index (χ1) is 9.72. The minimum absolute atomic E-state index is 0.340. The molecule has 112 valence electrons. The van der Waals surface area contributed by atoms with Gasteiger partial charge >= 0.3 is 0 Å². The van der Waals surface area contributed by atoms with Gasteiger partial charge in [-0.1, -0.05) is 6.92 Å². The predicted molar refractivity (Wildman–Crippen MR) is 89.1 cm³/mol. The molecule has 3 nitrogen and oxygen atoms in total. The maximum Gasteiger partial charge on any atom is 0.141 e. The van der Waals surface area contributed by atoms with Crippen LogP contribution in [0.5, 0.6) is 11.5 Å². The van der Waals surface area contributed by atoms with Crippen molar-refractivity contribution in [2.45, 2.75) is 19.4 Å². The second kappa shape index (κ2) is 7.57. The lowest BCUT2D eigenvalue weighted by Gasteiger charge is -2.27. The number of thioether (sulfide) groups is 1. The van der Waals surface area contributed by atoms with Crippen molar-refractivity contribution in [3.05, 3.63) is 22.2 Å². The molecule has 1 fully saturated rings. The van der Waals surface area contributed by atoms with E-state index in [0.717, 1.165) is 22.5 Å². The van der Waals surface area contributed by atoms with E-state index in [1.807, 2.05) is 17.8 Å². The SMILES string of the molecule is CCNC(c1ccc(OC)c(Br)c1OC)C1CCSC1. The van der Waals surface area contributed by atoms with Gasteiger partial charge in [0.25, 0.3) is 0 Å². The van der Waals surface area contributed by atoms with E-state index >= 15 is 0 Å². The van der Waals surface area contributed by atoms with Crippen LogP contribution in [0.4, 0.5) is 0 Å². The molecule has 20 heavy (non-hydrogen) atoms. The summed E-state index contributed by atoms with van der Waals surface area (Å²) in [6.07, 6.45) is 1.26. The van der Waals surface area contributed by atoms with E-state index in [1.165, 1.54) is 23.5 Å². The summed E-state index contributed by atoms with van der Waals surface area (Å²) in [5.74, 6) is 4.82. The third-order valence-corrected chi connectivity index (χ3v) is 5.65. The largest absolute Gasteiger partial charge is 0.495 e. The average Bonchev–Trinajstić information content (AvgIpc) is 2.98. The smallest absolute Gasteiger partial charge is 0.141 e. The molecule has 2 unspecified atom stereocenters. The lowest BCUT2D eigenvalue weighted by atomic mass is 9.91. The minimum Gasteiger partial charge on any atom is -0.495 e. The number of hydrogen-bond donors (Lipinski definition) is 1. The van der Waals surface area contributed by atoms with Gasteiger partial charge in [-0.2, -0.15) is 11.8 Å². The van der Waals surface area contributed by atoms with Crippen LogP contribution in [0.15, 0.2) is 16.6 Å². The highest BCUT2D eigenvalue weighted by molar-refractivity contribution is 9.10. The standard InChI is InChI=1S/C15H22BrNO2S/c1-4-17-14(10-7-8-20-9-10)11-5-6-12(18-2)13(16)15(11)19-3/h5-6,10,14,17H,4,7-9H2,1-3H3. The summed E-state index contributed by atoms with van der Waals surface area (Å²) in [6, 6.07) is 4.47. The summed E-state index contributed by atoms with van der Waals surface area (Å²) in [4.78, 5) is 0. The molecule has 1 aromatic rings. The molecule has 0 bridgehead atoms. The van der Waals surface area contributed by atoms with Crippen LogP contribution in [0.2, 0.25) is 0 Å². The Morgan fingerprint density at radius 1 is 1.40 bits per heavy atom. The molecule has 1 aromatic carbocycles. The van der Waals surface area contributed by atoms with Gasteiger partial charge in [-0.15, -0.1) is 0 Å². The number of nitrogens with one attached hydrogen (secondary N) is 1. The molecule has 0 aliphatic carbocycles. The van der Waals surface area contributed by atoms with Crippen LogP contribution in [-0.2, 0) is 0 Å². The number of methoxy groups -OCH3 is 2. The first-order valence-electron chi connectivity index (χ1n) is 6.94. The fourth-order valence-electron chi connectivity index (χ4n) is 2.73. The molecule has 0 aromatic heterocycles. The van der Waals surface area contributed by atoms with E-state index in [9.17, 15) is 0 Å². The van der Waals surface area contributed by atoms with Crippen molar-refractivity contribution in [1.82, 2.24) is 5.32 Å². The van der Waals surface area contributed by atoms with Crippen molar-refractivity contribution >= 4 is 27.7 Å². The molecule has 1 heterocycles. The van der Waals surface area contributed by atoms with Gasteiger partial charge in [0, 0.05) is 11.6 Å². The first-order valence-corrected chi connectivity index (χ1v) is 8.89. The fraction of sp³-hybridized carbons (Fsp3) is 0.600. The number of halogens is 1. The summed E-state index contributed by atoms with van der Waals surface area (Å²) < 4.78 is 11.9. The molecule has 0 radical (unpaired) electrons. The third-order valence-electron chi connectivity index (χ3n) is 3.71. The van der Waals surface area contributed by atoms with Crippen LogP contribution in [0.1, 0.15) is 24.9 Å². The Hall–Kier alpha value is -0.390. The van der Waals surface area contributed by atoms with E-state index in [0.29, 0.717) is 12.0 Å². The topological polar surface area (TPSA) is 30.5 Å². The Balaban J connectivity index is 2.39. The van der Waals surface area contributed by atoms with Gasteiger partial charge in [0.2, 0.25) is 0 Å². The van der Waals surface area contributed by atoms with E-state index < -0.39 is 0 Å². The maximum absolute atomic E-state index is 5.63. The molecule has 2 rings (SSSR count). The van der Waals surface area contributed by atoms with Gasteiger partial charge in [0.1, 0.15) is 16.0 Å². The number of hydrogen-bond acceptors (Lipinski definition) is 4. The Morgan fingerprint density at radius 3 is 2.75 bits per heavy atom. The quantitative estimate of drug-likeness (QED) is 0.834. The maximum atomic E-state index is 5.63. The van der Waals surface area contributed by atoms with Gasteiger partial charge < -0.3 is 14.8 Å². The van der Waals surface area contributed by atoms with Gasteiger partial charge in [0.15, 0.2) is 0 Å². The zero-order valence-corrected chi connectivity index (χ0v) is 14.6. The van der Waals surface area contributed by atoms with E-state index in [-0.39, 0.29) is 0 Å². The molecule has 1 aliphatic rings. The van der Waals surface area contributed by atoms with Crippen molar-refractivity contribution in [2.75, 3.05) is 32.3 Å². The van der Waals surface area contributed by atoms with E-state index in [4.69, 9.17) is 9.47 Å². The first kappa shape index (κ1) is 16.0. The van der Waals surface area contributed by atoms with Crippen molar-refractivity contribution in [3.63, 3.8) is 0 Å². The Labute approximate surface area is 133 Å². The highest BCUT2D eigenvalue weighted by Crippen LogP contribution is 2.43. The minimum atomic E-state index is 0.340. The van der Waals surface area contributed by atoms with Gasteiger partial charge in [-0.25, -0.2) is 0 Å². The molecule has 0 saturated carbocycles. The summed E-state index contributed by atoms with van der Waals surface area (Å²) >= 11 is 5.64. The van der Waals surface area contributed by atoms with Crippen LogP contribution in [0, 0.1) is 5.92 Å². The number of benzene rings is 1. The molecule has 0 amide bonds. The van der Waals surface area contributed by atoms with Crippen molar-refractivity contribution < 1.29 is 9.47 Å². The molecule has 5 heteroatoms. The van der Waals surface area contributed by atoms with E-state index in [2.05, 4.69) is 34.2 Å². The molecule has 0 spiro atoms. The van der Waals surface area contributed by atoms with Crippen molar-refractivity contribution in [1.29, 1.82) is 0 Å². The summed E-state index contributed by atoms with van der Waals surface area (Å²) in [5, 5.41) is 3.63. The summed E-state index contributed by atoms with van der Waals surface area (Å²) in [5.41, 5.74) is 1.22. The Morgan fingerprint density at radius 2 is 2.20 bits per heavy atom. The summed E-state index contributed by atoms with van der Waals surface area (Å²) in [6.45, 7) is 3.11. The fourth-order valence-corrected chi connectivity index (χ4v) is 4.71. The van der Waals surface area contributed by atoms with Crippen LogP contribution in [0.3, 0.4) is 0 Å². The van der Waals surface area contributed by atoms with Gasteiger partial charge in [-0.05, 0) is 58.5 Å². The lowest BCUT2D eigenvalue weighted by molar-refractivity contribution is 0.356. The van der Waals surface area contributed by atoms with Crippen LogP contribution in [-0.4, -0.2) is 32.3 Å². The van der Waals surface area contributed by atoms with Crippen LogP contribution >= 0.6 is 27.7 Å². The molecular formula is C15H22BrNO2S. The van der Waals surface area contributed by atoms with Crippen LogP contribution < -0.4 is 14.8 Å². The zero-order chi connectivity index (χ0) is 14.5. The molecular weight excluding hydrogens is 338 g/mol. The molecule has 2 atom stereocenters. The predicted octanol–water partition coefficient (Wildman–Crippen LogP) is 3.87.